The Labute approximate surface area is 118 Å². The summed E-state index contributed by atoms with van der Waals surface area (Å²) in [6, 6.07) is 6.81. The highest BCUT2D eigenvalue weighted by Gasteiger charge is 2.23. The van der Waals surface area contributed by atoms with Crippen molar-refractivity contribution in [1.82, 2.24) is 0 Å². The highest BCUT2D eigenvalue weighted by atomic mass is 32.2. The van der Waals surface area contributed by atoms with Gasteiger partial charge in [-0.05, 0) is 30.3 Å². The van der Waals surface area contributed by atoms with E-state index in [1.165, 1.54) is 12.1 Å². The van der Waals surface area contributed by atoms with Crippen molar-refractivity contribution in [3.8, 4) is 0 Å². The summed E-state index contributed by atoms with van der Waals surface area (Å²) in [4.78, 5) is 9.72. The number of hydrogen-bond donors (Lipinski definition) is 0. The molecule has 0 bridgehead atoms. The SMILES string of the molecule is O=[N+]([O-])c1ccc(F)cc1CS(=O)(=O)c1cccc(F)c1. The number of halogens is 2. The molecule has 2 aromatic carbocycles. The molecule has 0 spiro atoms. The fourth-order valence-electron chi connectivity index (χ4n) is 1.80. The lowest BCUT2D eigenvalue weighted by atomic mass is 10.2. The highest BCUT2D eigenvalue weighted by Crippen LogP contribution is 2.25. The number of nitro groups is 1. The lowest BCUT2D eigenvalue weighted by Crippen LogP contribution is -2.07. The van der Waals surface area contributed by atoms with E-state index < -0.39 is 37.8 Å². The van der Waals surface area contributed by atoms with Gasteiger partial charge in [-0.2, -0.15) is 0 Å². The summed E-state index contributed by atoms with van der Waals surface area (Å²) in [5.41, 5.74) is -0.791. The molecule has 5 nitrogen and oxygen atoms in total. The zero-order valence-electron chi connectivity index (χ0n) is 10.5. The maximum absolute atomic E-state index is 13.2. The monoisotopic (exact) mass is 313 g/mol. The first-order valence-corrected chi connectivity index (χ1v) is 7.36. The molecule has 2 aromatic rings. The van der Waals surface area contributed by atoms with Crippen molar-refractivity contribution >= 4 is 15.5 Å². The molecule has 0 atom stereocenters. The zero-order valence-corrected chi connectivity index (χ0v) is 11.3. The van der Waals surface area contributed by atoms with E-state index in [1.54, 1.807) is 0 Å². The van der Waals surface area contributed by atoms with E-state index in [2.05, 4.69) is 0 Å². The van der Waals surface area contributed by atoms with Crippen LogP contribution in [-0.2, 0) is 15.6 Å². The molecule has 0 aliphatic carbocycles. The Morgan fingerprint density at radius 3 is 2.33 bits per heavy atom. The summed E-state index contributed by atoms with van der Waals surface area (Å²) in [6.45, 7) is 0. The molecular formula is C13H9F2NO4S. The summed E-state index contributed by atoms with van der Waals surface area (Å²) in [5.74, 6) is -2.32. The second kappa shape index (κ2) is 5.57. The highest BCUT2D eigenvalue weighted by molar-refractivity contribution is 7.90. The third kappa shape index (κ3) is 3.40. The Morgan fingerprint density at radius 1 is 1.05 bits per heavy atom. The van der Waals surface area contributed by atoms with Gasteiger partial charge >= 0.3 is 0 Å². The van der Waals surface area contributed by atoms with Crippen LogP contribution in [0.4, 0.5) is 14.5 Å². The Morgan fingerprint density at radius 2 is 1.71 bits per heavy atom. The molecule has 0 aliphatic heterocycles. The van der Waals surface area contributed by atoms with Crippen LogP contribution in [0.1, 0.15) is 5.56 Å². The molecule has 0 aliphatic rings. The van der Waals surface area contributed by atoms with Crippen LogP contribution in [0.3, 0.4) is 0 Å². The maximum atomic E-state index is 13.2. The molecule has 0 unspecified atom stereocenters. The first-order chi connectivity index (χ1) is 9.79. The van der Waals surface area contributed by atoms with Gasteiger partial charge in [0.15, 0.2) is 9.84 Å². The van der Waals surface area contributed by atoms with Crippen LogP contribution in [-0.4, -0.2) is 13.3 Å². The summed E-state index contributed by atoms with van der Waals surface area (Å²) < 4.78 is 50.5. The first-order valence-electron chi connectivity index (χ1n) is 5.71. The van der Waals surface area contributed by atoms with Gasteiger partial charge in [-0.1, -0.05) is 6.07 Å². The molecule has 21 heavy (non-hydrogen) atoms. The third-order valence-corrected chi connectivity index (χ3v) is 4.40. The molecule has 8 heteroatoms. The third-order valence-electron chi connectivity index (χ3n) is 2.74. The van der Waals surface area contributed by atoms with Crippen LogP contribution in [0.5, 0.6) is 0 Å². The van der Waals surface area contributed by atoms with Gasteiger partial charge in [0.1, 0.15) is 11.6 Å². The summed E-state index contributed by atoms with van der Waals surface area (Å²) in [5, 5.41) is 10.8. The van der Waals surface area contributed by atoms with Crippen LogP contribution in [0.25, 0.3) is 0 Å². The van der Waals surface area contributed by atoms with Crippen molar-refractivity contribution in [2.24, 2.45) is 0 Å². The van der Waals surface area contributed by atoms with Crippen molar-refractivity contribution in [1.29, 1.82) is 0 Å². The standard InChI is InChI=1S/C13H9F2NO4S/c14-10-2-1-3-12(7-10)21(19,20)8-9-6-11(15)4-5-13(9)16(17)18/h1-7H,8H2. The molecule has 0 saturated carbocycles. The molecule has 110 valence electrons. The number of nitrogens with zero attached hydrogens (tertiary/aromatic N) is 1. The van der Waals surface area contributed by atoms with Crippen molar-refractivity contribution in [3.05, 3.63) is 69.8 Å². The molecule has 0 saturated heterocycles. The van der Waals surface area contributed by atoms with Gasteiger partial charge in [-0.25, -0.2) is 17.2 Å². The minimum Gasteiger partial charge on any atom is -0.258 e. The van der Waals surface area contributed by atoms with E-state index in [-0.39, 0.29) is 10.5 Å². The van der Waals surface area contributed by atoms with E-state index in [4.69, 9.17) is 0 Å². The fraction of sp³-hybridized carbons (Fsp3) is 0.0769. The Balaban J connectivity index is 2.46. The number of rotatable bonds is 4. The maximum Gasteiger partial charge on any atom is 0.273 e. The minimum atomic E-state index is -4.02. The number of hydrogen-bond acceptors (Lipinski definition) is 4. The first kappa shape index (κ1) is 15.0. The lowest BCUT2D eigenvalue weighted by Gasteiger charge is -2.06. The molecule has 0 amide bonds. The van der Waals surface area contributed by atoms with E-state index in [9.17, 15) is 27.3 Å². The minimum absolute atomic E-state index is 0.288. The fourth-order valence-corrected chi connectivity index (χ4v) is 3.18. The molecule has 0 N–H and O–H groups in total. The molecule has 0 heterocycles. The predicted molar refractivity (Wildman–Crippen MR) is 70.3 cm³/mol. The van der Waals surface area contributed by atoms with Gasteiger partial charge in [0.25, 0.3) is 5.69 Å². The van der Waals surface area contributed by atoms with Crippen molar-refractivity contribution < 1.29 is 22.1 Å². The van der Waals surface area contributed by atoms with E-state index in [1.807, 2.05) is 0 Å². The van der Waals surface area contributed by atoms with Crippen molar-refractivity contribution in [2.45, 2.75) is 10.6 Å². The number of nitro benzene ring substituents is 1. The molecule has 0 aromatic heterocycles. The topological polar surface area (TPSA) is 77.3 Å². The Bertz CT molecular complexity index is 806. The number of sulfone groups is 1. The second-order valence-corrected chi connectivity index (χ2v) is 6.24. The number of benzene rings is 2. The molecule has 0 radical (unpaired) electrons. The van der Waals surface area contributed by atoms with E-state index in [0.717, 1.165) is 30.3 Å². The van der Waals surface area contributed by atoms with Gasteiger partial charge in [0.05, 0.1) is 15.6 Å². The molecule has 0 fully saturated rings. The summed E-state index contributed by atoms with van der Waals surface area (Å²) in [7, 11) is -4.02. The van der Waals surface area contributed by atoms with Crippen LogP contribution >= 0.6 is 0 Å². The normalized spacial score (nSPS) is 11.3. The van der Waals surface area contributed by atoms with Crippen molar-refractivity contribution in [3.63, 3.8) is 0 Å². The Kier molecular flexibility index (Phi) is 3.99. The average molecular weight is 313 g/mol. The van der Waals surface area contributed by atoms with Crippen molar-refractivity contribution in [2.75, 3.05) is 0 Å². The van der Waals surface area contributed by atoms with Crippen LogP contribution < -0.4 is 0 Å². The Hall–Kier alpha value is -2.35. The second-order valence-electron chi connectivity index (χ2n) is 4.25. The quantitative estimate of drug-likeness (QED) is 0.642. The molecule has 2 rings (SSSR count). The molecular weight excluding hydrogens is 304 g/mol. The van der Waals surface area contributed by atoms with Gasteiger partial charge in [0.2, 0.25) is 0 Å². The van der Waals surface area contributed by atoms with Crippen LogP contribution in [0.15, 0.2) is 47.4 Å². The van der Waals surface area contributed by atoms with Crippen LogP contribution in [0, 0.1) is 21.7 Å². The van der Waals surface area contributed by atoms with Gasteiger partial charge in [-0.15, -0.1) is 0 Å². The van der Waals surface area contributed by atoms with E-state index >= 15 is 0 Å². The summed E-state index contributed by atoms with van der Waals surface area (Å²) in [6.07, 6.45) is 0. The average Bonchev–Trinajstić information content (AvgIpc) is 2.38. The van der Waals surface area contributed by atoms with E-state index in [0.29, 0.717) is 0 Å². The van der Waals surface area contributed by atoms with Gasteiger partial charge in [0, 0.05) is 11.6 Å². The van der Waals surface area contributed by atoms with Gasteiger partial charge in [-0.3, -0.25) is 10.1 Å². The predicted octanol–water partition coefficient (Wildman–Crippen LogP) is 2.85. The largest absolute Gasteiger partial charge is 0.273 e. The zero-order chi connectivity index (χ0) is 15.6. The smallest absolute Gasteiger partial charge is 0.258 e. The van der Waals surface area contributed by atoms with Crippen LogP contribution in [0.2, 0.25) is 0 Å². The van der Waals surface area contributed by atoms with Gasteiger partial charge < -0.3 is 0 Å². The lowest BCUT2D eigenvalue weighted by molar-refractivity contribution is -0.385. The summed E-state index contributed by atoms with van der Waals surface area (Å²) >= 11 is 0.